The number of hydrogen-bond acceptors (Lipinski definition) is 10. The quantitative estimate of drug-likeness (QED) is 0.108. The summed E-state index contributed by atoms with van der Waals surface area (Å²) in [6, 6.07) is 29.9. The van der Waals surface area contributed by atoms with Crippen LogP contribution in [0.15, 0.2) is 113 Å². The van der Waals surface area contributed by atoms with E-state index in [0.29, 0.717) is 54.4 Å². The molecular weight excluding hydrogens is 646 g/mol. The third-order valence-electron chi connectivity index (χ3n) is 8.20. The van der Waals surface area contributed by atoms with Gasteiger partial charge in [0.25, 0.3) is 5.91 Å². The summed E-state index contributed by atoms with van der Waals surface area (Å²) in [5.41, 5.74) is 6.29. The highest BCUT2D eigenvalue weighted by Crippen LogP contribution is 2.43. The Hall–Kier alpha value is -4.91. The number of nitrogens with zero attached hydrogens (tertiary/aromatic N) is 1. The van der Waals surface area contributed by atoms with Crippen molar-refractivity contribution in [3.8, 4) is 17.2 Å². The molecule has 0 bridgehead atoms. The van der Waals surface area contributed by atoms with Gasteiger partial charge in [0, 0.05) is 31.6 Å². The standard InChI is InChI=1S/C37H41N3O8S/c1-45-31-18-19-33(46-2)29(26-31)20-22-38-40-36(42)37(21-25-49(43,44)32-12-7-4-8-13-32)34(27-10-5-3-6-11-27)48-35(39-37)28-14-16-30(17-15-28)47-24-9-23-41/h3-8,10-19,26,34,38,41H,9,20-25H2,1-2H3,(H,40,42)/t34-,37-/m0/s1. The van der Waals surface area contributed by atoms with Gasteiger partial charge in [-0.3, -0.25) is 10.2 Å². The molecule has 0 aromatic heterocycles. The molecule has 0 unspecified atom stereocenters. The number of sulfone groups is 1. The number of aliphatic imine (C=N–C) groups is 1. The molecule has 1 amide bonds. The molecule has 2 atom stereocenters. The third-order valence-corrected chi connectivity index (χ3v) is 9.93. The highest BCUT2D eigenvalue weighted by molar-refractivity contribution is 7.91. The van der Waals surface area contributed by atoms with E-state index in [0.717, 1.165) is 5.56 Å². The maximum absolute atomic E-state index is 14.4. The lowest BCUT2D eigenvalue weighted by Gasteiger charge is -2.30. The first-order valence-electron chi connectivity index (χ1n) is 16.0. The van der Waals surface area contributed by atoms with Crippen LogP contribution in [0.25, 0.3) is 0 Å². The zero-order valence-electron chi connectivity index (χ0n) is 27.5. The number of carbonyl (C=O) groups excluding carboxylic acids is 1. The van der Waals surface area contributed by atoms with Crippen molar-refractivity contribution in [2.24, 2.45) is 4.99 Å². The van der Waals surface area contributed by atoms with Crippen molar-refractivity contribution in [3.05, 3.63) is 120 Å². The first-order valence-corrected chi connectivity index (χ1v) is 17.6. The number of benzene rings is 4. The first-order chi connectivity index (χ1) is 23.8. The van der Waals surface area contributed by atoms with E-state index in [9.17, 15) is 13.2 Å². The highest BCUT2D eigenvalue weighted by Gasteiger charge is 2.53. The Kier molecular flexibility index (Phi) is 11.9. The summed E-state index contributed by atoms with van der Waals surface area (Å²) in [6.07, 6.45) is -0.0978. The fraction of sp³-hybridized carbons (Fsp3) is 0.297. The normalized spacial score (nSPS) is 17.1. The van der Waals surface area contributed by atoms with E-state index in [4.69, 9.17) is 29.0 Å². The van der Waals surface area contributed by atoms with E-state index in [1.54, 1.807) is 56.7 Å². The van der Waals surface area contributed by atoms with E-state index in [2.05, 4.69) is 10.9 Å². The molecule has 49 heavy (non-hydrogen) atoms. The van der Waals surface area contributed by atoms with Crippen LogP contribution < -0.4 is 25.1 Å². The number of aliphatic hydroxyl groups is 1. The molecular formula is C37H41N3O8S. The molecule has 0 radical (unpaired) electrons. The monoisotopic (exact) mass is 687 g/mol. The van der Waals surface area contributed by atoms with Crippen molar-refractivity contribution in [1.29, 1.82) is 0 Å². The van der Waals surface area contributed by atoms with Crippen LogP contribution in [0.2, 0.25) is 0 Å². The SMILES string of the molecule is COc1ccc(OC)c(CCNNC(=O)[C@@]2(CCS(=O)(=O)c3ccccc3)N=C(c3ccc(OCCCO)cc3)O[C@H]2c2ccccc2)c1. The second kappa shape index (κ2) is 16.5. The molecule has 258 valence electrons. The van der Waals surface area contributed by atoms with Crippen LogP contribution in [0, 0.1) is 0 Å². The van der Waals surface area contributed by atoms with Crippen molar-refractivity contribution >= 4 is 21.6 Å². The molecule has 11 nitrogen and oxygen atoms in total. The van der Waals surface area contributed by atoms with Gasteiger partial charge in [-0.2, -0.15) is 0 Å². The summed E-state index contributed by atoms with van der Waals surface area (Å²) in [5, 5.41) is 9.07. The molecule has 1 heterocycles. The number of ether oxygens (including phenoxy) is 4. The van der Waals surface area contributed by atoms with Crippen LogP contribution in [-0.4, -0.2) is 70.6 Å². The first kappa shape index (κ1) is 35.4. The van der Waals surface area contributed by atoms with E-state index in [1.165, 1.54) is 12.1 Å². The van der Waals surface area contributed by atoms with Gasteiger partial charge in [0.1, 0.15) is 17.2 Å². The lowest BCUT2D eigenvalue weighted by molar-refractivity contribution is -0.130. The Bertz CT molecular complexity index is 1820. The Labute approximate surface area is 286 Å². The number of rotatable bonds is 17. The lowest BCUT2D eigenvalue weighted by atomic mass is 9.85. The van der Waals surface area contributed by atoms with Gasteiger partial charge in [0.05, 0.1) is 31.5 Å². The van der Waals surface area contributed by atoms with Crippen LogP contribution in [-0.2, 0) is 25.8 Å². The van der Waals surface area contributed by atoms with Crippen molar-refractivity contribution in [1.82, 2.24) is 10.9 Å². The number of amides is 1. The minimum absolute atomic E-state index is 0.0256. The Balaban J connectivity index is 1.46. The van der Waals surface area contributed by atoms with Gasteiger partial charge in [-0.1, -0.05) is 48.5 Å². The van der Waals surface area contributed by atoms with E-state index >= 15 is 0 Å². The number of hydrazine groups is 1. The predicted octanol–water partition coefficient (Wildman–Crippen LogP) is 4.45. The molecule has 4 aromatic rings. The third kappa shape index (κ3) is 8.58. The van der Waals surface area contributed by atoms with E-state index < -0.39 is 27.4 Å². The van der Waals surface area contributed by atoms with Gasteiger partial charge in [0.15, 0.2) is 21.5 Å². The maximum Gasteiger partial charge on any atom is 0.266 e. The van der Waals surface area contributed by atoms with Crippen molar-refractivity contribution in [2.45, 2.75) is 35.8 Å². The van der Waals surface area contributed by atoms with Crippen molar-refractivity contribution < 1.29 is 37.3 Å². The summed E-state index contributed by atoms with van der Waals surface area (Å²) >= 11 is 0. The molecule has 0 saturated carbocycles. The zero-order chi connectivity index (χ0) is 34.7. The summed E-state index contributed by atoms with van der Waals surface area (Å²) in [5.74, 6) is 1.27. The second-order valence-corrected chi connectivity index (χ2v) is 13.5. The number of nitrogens with one attached hydrogen (secondary N) is 2. The van der Waals surface area contributed by atoms with Crippen LogP contribution in [0.3, 0.4) is 0 Å². The summed E-state index contributed by atoms with van der Waals surface area (Å²) in [4.78, 5) is 19.4. The number of hydrogen-bond donors (Lipinski definition) is 3. The number of aliphatic hydroxyl groups excluding tert-OH is 1. The maximum atomic E-state index is 14.4. The fourth-order valence-electron chi connectivity index (χ4n) is 5.56. The van der Waals surface area contributed by atoms with Crippen molar-refractivity contribution in [3.63, 3.8) is 0 Å². The highest BCUT2D eigenvalue weighted by atomic mass is 32.2. The van der Waals surface area contributed by atoms with Crippen molar-refractivity contribution in [2.75, 3.05) is 39.7 Å². The van der Waals surface area contributed by atoms with Crippen LogP contribution in [0.1, 0.15) is 35.6 Å². The van der Waals surface area contributed by atoms with E-state index in [1.807, 2.05) is 48.5 Å². The zero-order valence-corrected chi connectivity index (χ0v) is 28.3. The molecule has 4 aromatic carbocycles. The van der Waals surface area contributed by atoms with Gasteiger partial charge in [-0.25, -0.2) is 18.8 Å². The average Bonchev–Trinajstić information content (AvgIpc) is 3.54. The van der Waals surface area contributed by atoms with Crippen LogP contribution >= 0.6 is 0 Å². The largest absolute Gasteiger partial charge is 0.497 e. The average molecular weight is 688 g/mol. The topological polar surface area (TPSA) is 145 Å². The molecule has 5 rings (SSSR count). The fourth-order valence-corrected chi connectivity index (χ4v) is 6.95. The van der Waals surface area contributed by atoms with Gasteiger partial charge >= 0.3 is 0 Å². The van der Waals surface area contributed by atoms with Crippen LogP contribution in [0.5, 0.6) is 17.2 Å². The lowest BCUT2D eigenvalue weighted by Crippen LogP contribution is -2.53. The van der Waals surface area contributed by atoms with Gasteiger partial charge in [0.2, 0.25) is 5.90 Å². The van der Waals surface area contributed by atoms with Gasteiger partial charge < -0.3 is 24.1 Å². The molecule has 1 aliphatic rings. The smallest absolute Gasteiger partial charge is 0.266 e. The second-order valence-electron chi connectivity index (χ2n) is 11.4. The summed E-state index contributed by atoms with van der Waals surface area (Å²) in [7, 11) is -0.609. The number of carbonyl (C=O) groups is 1. The Morgan fingerprint density at radius 1 is 0.918 bits per heavy atom. The Morgan fingerprint density at radius 2 is 1.61 bits per heavy atom. The minimum atomic E-state index is -3.78. The van der Waals surface area contributed by atoms with Gasteiger partial charge in [-0.15, -0.1) is 0 Å². The Morgan fingerprint density at radius 3 is 2.29 bits per heavy atom. The predicted molar refractivity (Wildman–Crippen MR) is 186 cm³/mol. The molecule has 3 N–H and O–H groups in total. The molecule has 1 aliphatic heterocycles. The molecule has 0 spiro atoms. The molecule has 12 heteroatoms. The van der Waals surface area contributed by atoms with Crippen LogP contribution in [0.4, 0.5) is 0 Å². The van der Waals surface area contributed by atoms with E-state index in [-0.39, 0.29) is 29.6 Å². The van der Waals surface area contributed by atoms with Gasteiger partial charge in [-0.05, 0) is 72.1 Å². The molecule has 0 fully saturated rings. The summed E-state index contributed by atoms with van der Waals surface area (Å²) < 4.78 is 50.1. The summed E-state index contributed by atoms with van der Waals surface area (Å²) in [6.45, 7) is 0.719. The molecule has 0 saturated heterocycles. The minimum Gasteiger partial charge on any atom is -0.497 e. The molecule has 0 aliphatic carbocycles. The number of methoxy groups -OCH3 is 2.